The average molecular weight is 583 g/mol. The fourth-order valence-electron chi connectivity index (χ4n) is 5.65. The molecule has 0 saturated heterocycles. The summed E-state index contributed by atoms with van der Waals surface area (Å²) in [5, 5.41) is 10.4. The van der Waals surface area contributed by atoms with Gasteiger partial charge in [-0.15, -0.1) is 0 Å². The van der Waals surface area contributed by atoms with Crippen LogP contribution in [0.5, 0.6) is 5.75 Å². The number of hydrogen-bond acceptors (Lipinski definition) is 5. The minimum atomic E-state index is -0.504. The number of halogens is 1. The molecule has 0 saturated carbocycles. The number of nitriles is 1. The highest BCUT2D eigenvalue weighted by Gasteiger charge is 2.41. The summed E-state index contributed by atoms with van der Waals surface area (Å²) in [7, 11) is 0. The van der Waals surface area contributed by atoms with Gasteiger partial charge in [-0.05, 0) is 97.3 Å². The van der Waals surface area contributed by atoms with Crippen molar-refractivity contribution in [2.24, 2.45) is 5.73 Å². The summed E-state index contributed by atoms with van der Waals surface area (Å²) in [5.41, 5.74) is 15.0. The maximum Gasteiger partial charge on any atom is 0.161 e. The average Bonchev–Trinajstić information content (AvgIpc) is 2.93. The highest BCUT2D eigenvalue weighted by atomic mass is 79.9. The predicted molar refractivity (Wildman–Crippen MR) is 158 cm³/mol. The summed E-state index contributed by atoms with van der Waals surface area (Å²) in [6.45, 7) is 6.59. The van der Waals surface area contributed by atoms with Crippen LogP contribution in [0.2, 0.25) is 0 Å². The van der Waals surface area contributed by atoms with Crippen LogP contribution in [0.25, 0.3) is 0 Å². The van der Waals surface area contributed by atoms with Crippen LogP contribution in [0.3, 0.4) is 0 Å². The number of benzene rings is 3. The minimum absolute atomic E-state index is 0.0873. The molecule has 1 atom stereocenters. The smallest absolute Gasteiger partial charge is 0.161 e. The molecule has 0 aromatic heterocycles. The number of rotatable bonds is 6. The van der Waals surface area contributed by atoms with Gasteiger partial charge in [0, 0.05) is 27.9 Å². The molecule has 3 aromatic rings. The largest absolute Gasteiger partial charge is 0.489 e. The van der Waals surface area contributed by atoms with Crippen LogP contribution in [0.15, 0.2) is 87.8 Å². The lowest BCUT2D eigenvalue weighted by molar-refractivity contribution is -0.116. The molecule has 5 nitrogen and oxygen atoms in total. The first kappa shape index (κ1) is 26.8. The Kier molecular flexibility index (Phi) is 7.63. The molecule has 0 fully saturated rings. The molecular formula is C33H32BrN3O2. The third-order valence-corrected chi connectivity index (χ3v) is 8.29. The van der Waals surface area contributed by atoms with E-state index in [-0.39, 0.29) is 5.78 Å². The second-order valence-corrected chi connectivity index (χ2v) is 11.1. The molecule has 0 radical (unpaired) electrons. The molecule has 2 aliphatic rings. The Labute approximate surface area is 238 Å². The molecule has 0 amide bonds. The minimum Gasteiger partial charge on any atom is -0.489 e. The number of hydrogen-bond donors (Lipinski definition) is 1. The van der Waals surface area contributed by atoms with Crippen molar-refractivity contribution in [3.63, 3.8) is 0 Å². The van der Waals surface area contributed by atoms with E-state index in [0.29, 0.717) is 30.0 Å². The number of aryl methyl sites for hydroxylation is 3. The van der Waals surface area contributed by atoms with Crippen LogP contribution >= 0.6 is 15.9 Å². The molecule has 1 aliphatic carbocycles. The summed E-state index contributed by atoms with van der Waals surface area (Å²) in [6.07, 6.45) is 2.91. The van der Waals surface area contributed by atoms with Gasteiger partial charge in [-0.2, -0.15) is 5.26 Å². The van der Waals surface area contributed by atoms with Crippen molar-refractivity contribution >= 4 is 27.4 Å². The van der Waals surface area contributed by atoms with Crippen LogP contribution in [0.1, 0.15) is 59.9 Å². The Morgan fingerprint density at radius 1 is 1.05 bits per heavy atom. The molecule has 0 bridgehead atoms. The van der Waals surface area contributed by atoms with Crippen molar-refractivity contribution in [1.29, 1.82) is 5.26 Å². The van der Waals surface area contributed by atoms with Crippen LogP contribution < -0.4 is 15.4 Å². The molecule has 5 rings (SSSR count). The van der Waals surface area contributed by atoms with E-state index in [4.69, 9.17) is 10.5 Å². The van der Waals surface area contributed by atoms with E-state index < -0.39 is 5.92 Å². The molecule has 1 unspecified atom stereocenters. The summed E-state index contributed by atoms with van der Waals surface area (Å²) < 4.78 is 7.09. The number of carbonyl (C=O) groups excluding carboxylic acids is 1. The van der Waals surface area contributed by atoms with Crippen LogP contribution in [0, 0.1) is 25.2 Å². The normalized spacial score (nSPS) is 17.3. The lowest BCUT2D eigenvalue weighted by Gasteiger charge is -2.40. The number of nitrogens with two attached hydrogens (primary N) is 1. The van der Waals surface area contributed by atoms with Gasteiger partial charge in [0.15, 0.2) is 5.78 Å². The van der Waals surface area contributed by atoms with Gasteiger partial charge in [-0.3, -0.25) is 9.69 Å². The van der Waals surface area contributed by atoms with E-state index >= 15 is 0 Å². The van der Waals surface area contributed by atoms with Crippen molar-refractivity contribution in [1.82, 2.24) is 0 Å². The SMILES string of the molecule is CCc1ccc(N2C(N)=C(C#N)C(c3cc(COc4ccc(Br)cc4)c(C)cc3C)C3=C2CCCC3=O)cc1. The third-order valence-electron chi connectivity index (χ3n) is 7.76. The molecule has 1 aliphatic heterocycles. The maximum atomic E-state index is 13.6. The molecule has 1 heterocycles. The van der Waals surface area contributed by atoms with Gasteiger partial charge in [0.25, 0.3) is 0 Å². The Morgan fingerprint density at radius 2 is 1.77 bits per heavy atom. The Morgan fingerprint density at radius 3 is 2.44 bits per heavy atom. The summed E-state index contributed by atoms with van der Waals surface area (Å²) >= 11 is 3.46. The van der Waals surface area contributed by atoms with E-state index in [1.54, 1.807) is 0 Å². The molecule has 0 spiro atoms. The number of allylic oxidation sites excluding steroid dienone is 3. The van der Waals surface area contributed by atoms with Crippen LogP contribution in [-0.2, 0) is 17.8 Å². The van der Waals surface area contributed by atoms with E-state index in [1.807, 2.05) is 48.2 Å². The molecule has 2 N–H and O–H groups in total. The predicted octanol–water partition coefficient (Wildman–Crippen LogP) is 7.51. The Balaban J connectivity index is 1.61. The standard InChI is InChI=1S/C33H32BrN3O2/c1-4-22-8-12-25(13-9-22)37-29-6-5-7-30(38)32(29)31(28(18-35)33(37)36)27-17-23(20(2)16-21(27)3)19-39-26-14-10-24(34)11-15-26/h8-17,31H,4-7,19,36H2,1-3H3. The van der Waals surface area contributed by atoms with Crippen molar-refractivity contribution in [3.8, 4) is 11.8 Å². The van der Waals surface area contributed by atoms with Crippen LogP contribution in [-0.4, -0.2) is 5.78 Å². The number of anilines is 1. The molecule has 6 heteroatoms. The van der Waals surface area contributed by atoms with Crippen molar-refractivity contribution in [3.05, 3.63) is 116 Å². The van der Waals surface area contributed by atoms with Gasteiger partial charge in [0.05, 0.1) is 17.6 Å². The monoisotopic (exact) mass is 581 g/mol. The maximum absolute atomic E-state index is 13.6. The summed E-state index contributed by atoms with van der Waals surface area (Å²) in [4.78, 5) is 15.5. The van der Waals surface area contributed by atoms with E-state index in [0.717, 1.165) is 63.1 Å². The van der Waals surface area contributed by atoms with Crippen molar-refractivity contribution in [2.45, 2.75) is 59.0 Å². The lowest BCUT2D eigenvalue weighted by Crippen LogP contribution is -2.39. The second kappa shape index (κ2) is 11.1. The number of ketones is 1. The van der Waals surface area contributed by atoms with E-state index in [2.05, 4.69) is 60.1 Å². The molecular weight excluding hydrogens is 550 g/mol. The molecule has 39 heavy (non-hydrogen) atoms. The van der Waals surface area contributed by atoms with Gasteiger partial charge < -0.3 is 10.5 Å². The molecule has 3 aromatic carbocycles. The van der Waals surface area contributed by atoms with Crippen molar-refractivity contribution in [2.75, 3.05) is 4.90 Å². The summed E-state index contributed by atoms with van der Waals surface area (Å²) in [5.74, 6) is 0.754. The van der Waals surface area contributed by atoms with Gasteiger partial charge in [0.1, 0.15) is 18.2 Å². The third kappa shape index (κ3) is 5.12. The number of nitrogens with zero attached hydrogens (tertiary/aromatic N) is 2. The van der Waals surface area contributed by atoms with Gasteiger partial charge in [0.2, 0.25) is 0 Å². The number of ether oxygens (including phenoxy) is 1. The second-order valence-electron chi connectivity index (χ2n) is 10.2. The Hall–Kier alpha value is -3.82. The highest BCUT2D eigenvalue weighted by molar-refractivity contribution is 9.10. The number of Topliss-reactive ketones (excluding diaryl/α,β-unsaturated/α-hetero) is 1. The zero-order valence-electron chi connectivity index (χ0n) is 22.6. The first-order valence-corrected chi connectivity index (χ1v) is 14.1. The first-order valence-electron chi connectivity index (χ1n) is 13.4. The quantitative estimate of drug-likeness (QED) is 0.325. The Bertz CT molecular complexity index is 1530. The topological polar surface area (TPSA) is 79.3 Å². The van der Waals surface area contributed by atoms with Crippen molar-refractivity contribution < 1.29 is 9.53 Å². The highest BCUT2D eigenvalue weighted by Crippen LogP contribution is 2.47. The van der Waals surface area contributed by atoms with Gasteiger partial charge in [-0.25, -0.2) is 0 Å². The fraction of sp³-hybridized carbons (Fsp3) is 0.273. The van der Waals surface area contributed by atoms with Gasteiger partial charge >= 0.3 is 0 Å². The fourth-order valence-corrected chi connectivity index (χ4v) is 5.91. The zero-order valence-corrected chi connectivity index (χ0v) is 24.1. The van der Waals surface area contributed by atoms with E-state index in [1.165, 1.54) is 5.56 Å². The van der Waals surface area contributed by atoms with Gasteiger partial charge in [-0.1, -0.05) is 47.1 Å². The lowest BCUT2D eigenvalue weighted by atomic mass is 9.74. The van der Waals surface area contributed by atoms with Crippen LogP contribution in [0.4, 0.5) is 5.69 Å². The molecule has 198 valence electrons. The van der Waals surface area contributed by atoms with E-state index in [9.17, 15) is 10.1 Å². The first-order chi connectivity index (χ1) is 18.8. The summed E-state index contributed by atoms with van der Waals surface area (Å²) in [6, 6.07) is 22.5. The zero-order chi connectivity index (χ0) is 27.7. The number of carbonyl (C=O) groups is 1.